The normalized spacial score (nSPS) is 17.0. The maximum atomic E-state index is 15.1. The molecule has 0 radical (unpaired) electrons. The average molecular weight is 1180 g/mol. The van der Waals surface area contributed by atoms with Gasteiger partial charge in [-0.3, -0.25) is 0 Å². The first-order valence-corrected chi connectivity index (χ1v) is 25.7. The van der Waals surface area contributed by atoms with E-state index in [1.54, 1.807) is 14.2 Å². The molecule has 10 rings (SSSR count). The van der Waals surface area contributed by atoms with Crippen LogP contribution in [0.2, 0.25) is 0 Å². The van der Waals surface area contributed by atoms with Gasteiger partial charge in [-0.05, 0) is 72.8 Å². The van der Waals surface area contributed by atoms with Crippen LogP contribution in [0.4, 0.5) is 69.2 Å². The summed E-state index contributed by atoms with van der Waals surface area (Å²) in [5, 5.41) is 23.9. The van der Waals surface area contributed by atoms with Crippen molar-refractivity contribution < 1.29 is 73.9 Å². The molecule has 0 spiro atoms. The van der Waals surface area contributed by atoms with Crippen molar-refractivity contribution in [2.75, 3.05) is 100 Å². The third-order valence-electron chi connectivity index (χ3n) is 14.4. The quantitative estimate of drug-likeness (QED) is 0.0849. The molecule has 0 aromatic heterocycles. The summed E-state index contributed by atoms with van der Waals surface area (Å²) in [6.45, 7) is 3.52. The Hall–Kier alpha value is -7.70. The van der Waals surface area contributed by atoms with Gasteiger partial charge < -0.3 is 68.1 Å². The minimum Gasteiger partial charge on any atom is -0.550 e. The van der Waals surface area contributed by atoms with E-state index < -0.39 is 72.0 Å². The van der Waals surface area contributed by atoms with Gasteiger partial charge >= 0.3 is 50.1 Å². The Bertz CT molecular complexity index is 3170. The van der Waals surface area contributed by atoms with Crippen molar-refractivity contribution in [2.45, 2.75) is 37.3 Å². The fourth-order valence-corrected chi connectivity index (χ4v) is 10.5. The van der Waals surface area contributed by atoms with Crippen LogP contribution in [-0.2, 0) is 21.9 Å². The number of carbonyl (C=O) groups is 2. The molecule has 2 atom stereocenters. The van der Waals surface area contributed by atoms with Gasteiger partial charge in [0.25, 0.3) is 0 Å². The van der Waals surface area contributed by atoms with E-state index in [4.69, 9.17) is 18.9 Å². The van der Waals surface area contributed by atoms with Gasteiger partial charge in [0.1, 0.15) is 46.0 Å². The molecule has 0 aliphatic carbocycles. The molecular formula is C58H54CaF8N8O8. The average Bonchev–Trinajstić information content (AvgIpc) is 1.97. The molecule has 0 bridgehead atoms. The zero-order valence-corrected chi connectivity index (χ0v) is 47.6. The van der Waals surface area contributed by atoms with E-state index in [2.05, 4.69) is 19.8 Å². The number of carbonyl (C=O) groups excluding carboxylic acids is 2. The number of benzene rings is 6. The van der Waals surface area contributed by atoms with Gasteiger partial charge in [-0.25, -0.2) is 18.8 Å². The minimum absolute atomic E-state index is 0. The summed E-state index contributed by atoms with van der Waals surface area (Å²) in [7, 11) is 5.77. The molecule has 83 heavy (non-hydrogen) atoms. The molecule has 6 aromatic rings. The number of carboxylic acid groups (broad SMARTS) is 2. The molecule has 6 aromatic carbocycles. The number of ether oxygens (including phenoxy) is 4. The zero-order chi connectivity index (χ0) is 58.6. The number of methoxy groups -OCH3 is 4. The van der Waals surface area contributed by atoms with E-state index in [0.717, 1.165) is 35.6 Å². The van der Waals surface area contributed by atoms with E-state index in [1.807, 2.05) is 58.3 Å². The summed E-state index contributed by atoms with van der Waals surface area (Å²) in [5.41, 5.74) is 0.169. The molecule has 432 valence electrons. The van der Waals surface area contributed by atoms with E-state index in [-0.39, 0.29) is 95.0 Å². The van der Waals surface area contributed by atoms with Crippen LogP contribution in [0.3, 0.4) is 0 Å². The van der Waals surface area contributed by atoms with Gasteiger partial charge in [-0.15, -0.1) is 0 Å². The van der Waals surface area contributed by atoms with Crippen molar-refractivity contribution in [3.63, 3.8) is 0 Å². The first-order chi connectivity index (χ1) is 39.2. The Labute approximate surface area is 502 Å². The molecule has 25 heteroatoms. The predicted molar refractivity (Wildman–Crippen MR) is 292 cm³/mol. The second kappa shape index (κ2) is 25.8. The third kappa shape index (κ3) is 13.4. The van der Waals surface area contributed by atoms with Crippen LogP contribution in [0, 0.1) is 11.6 Å². The van der Waals surface area contributed by atoms with Crippen LogP contribution in [0.15, 0.2) is 131 Å². The summed E-state index contributed by atoms with van der Waals surface area (Å²) < 4.78 is 135. The maximum absolute atomic E-state index is 15.1. The van der Waals surface area contributed by atoms with Crippen molar-refractivity contribution >= 4 is 95.7 Å². The third-order valence-corrected chi connectivity index (χ3v) is 14.4. The number of aliphatic carboxylic acids is 2. The summed E-state index contributed by atoms with van der Waals surface area (Å²) in [4.78, 5) is 43.7. The number of carboxylic acids is 2. The SMILES string of the molecule is COc1cccc(N2CCN(C3=Nc4c(F)cccc4[C@H](CC(=O)[O-])N3c3cc(C(F)(F)F)ccc3OC)CC2)c1.COc1cccc(N2CCN(C3=Nc4c(F)cccc4[C@H](CC(=O)[O-])N3c3cc(C(F)(F)F)ccc3OC)CC2)c1.[Ca+2]. The standard InChI is InChI=1S/2C29H28F4N4O4.Ca/c2*1-40-20-6-3-5-19(16-20)35-11-13-36(14-12-35)28-34-27-21(7-4-8-22(27)30)23(17-26(38)39)37(28)24-15-18(29(31,32)33)9-10-25(24)41-2;/h2*3-10,15-16,23H,11-14,17H2,1-2H3,(H,38,39);/q;;+2/p-2/t2*23-;/m00./s1. The van der Waals surface area contributed by atoms with Gasteiger partial charge in [0.2, 0.25) is 11.9 Å². The predicted octanol–water partition coefficient (Wildman–Crippen LogP) is 8.36. The summed E-state index contributed by atoms with van der Waals surface area (Å²) in [5.74, 6) is -2.47. The number of halogens is 8. The van der Waals surface area contributed by atoms with Crippen LogP contribution in [-0.4, -0.2) is 152 Å². The summed E-state index contributed by atoms with van der Waals surface area (Å²) >= 11 is 0. The molecule has 0 N–H and O–H groups in total. The number of hydrogen-bond acceptors (Lipinski definition) is 16. The molecule has 2 fully saturated rings. The van der Waals surface area contributed by atoms with E-state index in [9.17, 15) is 46.1 Å². The number of piperazine rings is 2. The first-order valence-electron chi connectivity index (χ1n) is 25.7. The van der Waals surface area contributed by atoms with Crippen molar-refractivity contribution in [1.82, 2.24) is 9.80 Å². The number of alkyl halides is 6. The molecule has 0 saturated carbocycles. The zero-order valence-electron chi connectivity index (χ0n) is 45.3. The number of para-hydroxylation sites is 2. The largest absolute Gasteiger partial charge is 2.00 e. The van der Waals surface area contributed by atoms with Gasteiger partial charge in [-0.1, -0.05) is 36.4 Å². The van der Waals surface area contributed by atoms with Crippen molar-refractivity contribution in [3.8, 4) is 23.0 Å². The number of anilines is 4. The van der Waals surface area contributed by atoms with Crippen molar-refractivity contribution in [3.05, 3.63) is 155 Å². The summed E-state index contributed by atoms with van der Waals surface area (Å²) in [6, 6.07) is 27.0. The Morgan fingerprint density at radius 2 is 0.843 bits per heavy atom. The molecule has 16 nitrogen and oxygen atoms in total. The minimum atomic E-state index is -4.68. The Morgan fingerprint density at radius 1 is 0.494 bits per heavy atom. The molecule has 2 saturated heterocycles. The fourth-order valence-electron chi connectivity index (χ4n) is 10.5. The van der Waals surface area contributed by atoms with Gasteiger partial charge in [-0.2, -0.15) is 26.3 Å². The van der Waals surface area contributed by atoms with Crippen molar-refractivity contribution in [2.24, 2.45) is 9.98 Å². The number of fused-ring (bicyclic) bond motifs is 2. The fraction of sp³-hybridized carbons (Fsp3) is 0.310. The first kappa shape index (κ1) is 61.4. The molecule has 0 unspecified atom stereocenters. The topological polar surface area (TPSA) is 161 Å². The van der Waals surface area contributed by atoms with Crippen LogP contribution < -0.4 is 48.8 Å². The van der Waals surface area contributed by atoms with E-state index >= 15 is 8.78 Å². The molecule has 4 aliphatic heterocycles. The Balaban J connectivity index is 0.000000214. The number of hydrogen-bond donors (Lipinski definition) is 0. The molecular weight excluding hydrogens is 1130 g/mol. The molecule has 4 aliphatic rings. The monoisotopic (exact) mass is 1180 g/mol. The van der Waals surface area contributed by atoms with Crippen LogP contribution in [0.1, 0.15) is 47.2 Å². The second-order valence-corrected chi connectivity index (χ2v) is 19.2. The Morgan fingerprint density at radius 3 is 1.17 bits per heavy atom. The van der Waals surface area contributed by atoms with Crippen LogP contribution in [0.25, 0.3) is 0 Å². The summed E-state index contributed by atoms with van der Waals surface area (Å²) in [6.07, 6.45) is -10.6. The molecule has 0 amide bonds. The van der Waals surface area contributed by atoms with Gasteiger partial charge in [0.15, 0.2) is 0 Å². The van der Waals surface area contributed by atoms with Crippen LogP contribution in [0.5, 0.6) is 23.0 Å². The molecule has 4 heterocycles. The number of aliphatic imine (C=N–C) groups is 2. The van der Waals surface area contributed by atoms with Gasteiger partial charge in [0.05, 0.1) is 63.0 Å². The number of guanidine groups is 2. The number of rotatable bonds is 12. The maximum Gasteiger partial charge on any atom is 2.00 e. The number of nitrogens with zero attached hydrogens (tertiary/aromatic N) is 8. The van der Waals surface area contributed by atoms with E-state index in [0.29, 0.717) is 63.9 Å². The smallest absolute Gasteiger partial charge is 0.550 e. The van der Waals surface area contributed by atoms with Crippen LogP contribution >= 0.6 is 0 Å². The second-order valence-electron chi connectivity index (χ2n) is 19.2. The van der Waals surface area contributed by atoms with E-state index in [1.165, 1.54) is 72.6 Å². The van der Waals surface area contributed by atoms with Crippen molar-refractivity contribution in [1.29, 1.82) is 0 Å². The Kier molecular flexibility index (Phi) is 19.1. The van der Waals surface area contributed by atoms with Gasteiger partial charge in [0, 0.05) is 112 Å².